The monoisotopic (exact) mass is 113 g/mol. The minimum atomic E-state index is -0.755. The van der Waals surface area contributed by atoms with Gasteiger partial charge >= 0.3 is 0 Å². The molecule has 4 nitrogen and oxygen atoms in total. The largest absolute Gasteiger partial charge is 0.944 e. The Kier molecular flexibility index (Phi) is 3.39. The Hall–Kier alpha value is -1.19. The summed E-state index contributed by atoms with van der Waals surface area (Å²) in [5.41, 5.74) is 0. The second-order valence-electron chi connectivity index (χ2n) is 0.968. The van der Waals surface area contributed by atoms with E-state index in [-0.39, 0.29) is 6.42 Å². The maximum Gasteiger partial charge on any atom is 0.107 e. The van der Waals surface area contributed by atoms with Crippen LogP contribution >= 0.6 is 0 Å². The summed E-state index contributed by atoms with van der Waals surface area (Å²) in [6, 6.07) is 0. The van der Waals surface area contributed by atoms with E-state index in [1.165, 1.54) is 0 Å². The molecule has 0 rings (SSSR count). The van der Waals surface area contributed by atoms with E-state index in [1.807, 2.05) is 0 Å². The SMILES string of the molecule is O=[C-]N=C([O-])CC=O. The molecule has 0 spiro atoms. The molecule has 0 aliphatic rings. The normalized spacial score (nSPS) is 10.8. The van der Waals surface area contributed by atoms with Gasteiger partial charge in [-0.3, -0.25) is 0 Å². The fraction of sp³-hybridized carbons (Fsp3) is 0.250. The van der Waals surface area contributed by atoms with Crippen molar-refractivity contribution in [2.75, 3.05) is 0 Å². The first-order valence-electron chi connectivity index (χ1n) is 1.85. The molecule has 0 saturated heterocycles. The zero-order valence-corrected chi connectivity index (χ0v) is 3.96. The van der Waals surface area contributed by atoms with Crippen LogP contribution in [-0.4, -0.2) is 18.6 Å². The molecule has 0 atom stereocenters. The quantitative estimate of drug-likeness (QED) is 0.191. The van der Waals surface area contributed by atoms with Gasteiger partial charge < -0.3 is 19.7 Å². The van der Waals surface area contributed by atoms with Gasteiger partial charge in [0.2, 0.25) is 0 Å². The Bertz CT molecular complexity index is 118. The number of carbonyl (C=O) groups is 1. The van der Waals surface area contributed by atoms with Crippen LogP contribution in [0.4, 0.5) is 0 Å². The minimum Gasteiger partial charge on any atom is -0.944 e. The molecule has 0 aromatic rings. The van der Waals surface area contributed by atoms with E-state index in [4.69, 9.17) is 0 Å². The molecule has 0 N–H and O–H groups in total. The molecular weight excluding hydrogens is 110 g/mol. The molecule has 1 amide bonds. The third-order valence-corrected chi connectivity index (χ3v) is 0.428. The molecule has 0 heterocycles. The zero-order chi connectivity index (χ0) is 6.41. The predicted molar refractivity (Wildman–Crippen MR) is 23.8 cm³/mol. The Labute approximate surface area is 45.8 Å². The topological polar surface area (TPSA) is 69.6 Å². The van der Waals surface area contributed by atoms with Gasteiger partial charge in [-0.1, -0.05) is 0 Å². The van der Waals surface area contributed by atoms with Crippen LogP contribution in [0.25, 0.3) is 0 Å². The predicted octanol–water partition coefficient (Wildman–Crippen LogP) is -1.60. The van der Waals surface area contributed by atoms with Crippen LogP contribution in [0.1, 0.15) is 6.42 Å². The highest BCUT2D eigenvalue weighted by Gasteiger charge is 1.65. The first-order chi connectivity index (χ1) is 3.81. The van der Waals surface area contributed by atoms with E-state index in [0.29, 0.717) is 6.29 Å². The van der Waals surface area contributed by atoms with Gasteiger partial charge in [0.25, 0.3) is 0 Å². The molecular formula is C4H3NO3-2. The van der Waals surface area contributed by atoms with Gasteiger partial charge in [0.05, 0.1) is 6.41 Å². The maximum atomic E-state index is 9.98. The lowest BCUT2D eigenvalue weighted by Gasteiger charge is -2.12. The van der Waals surface area contributed by atoms with Gasteiger partial charge in [0.15, 0.2) is 0 Å². The second kappa shape index (κ2) is 3.98. The fourth-order valence-electron chi connectivity index (χ4n) is 0.168. The highest BCUT2D eigenvalue weighted by atomic mass is 16.3. The molecule has 0 aliphatic heterocycles. The van der Waals surface area contributed by atoms with E-state index >= 15 is 0 Å². The van der Waals surface area contributed by atoms with Gasteiger partial charge in [0.1, 0.15) is 6.29 Å². The number of hydrogen-bond donors (Lipinski definition) is 0. The molecule has 0 aliphatic carbocycles. The molecule has 0 radical (unpaired) electrons. The standard InChI is InChI=1S/C4H4NO3/c6-2-1-4(8)5-3-7/h2H,1H2,(H,5,7,8)/q-1/p-1. The molecule has 0 fully saturated rings. The van der Waals surface area contributed by atoms with Crippen molar-refractivity contribution in [3.8, 4) is 0 Å². The van der Waals surface area contributed by atoms with E-state index in [1.54, 1.807) is 0 Å². The van der Waals surface area contributed by atoms with Crippen LogP contribution in [0.3, 0.4) is 0 Å². The summed E-state index contributed by atoms with van der Waals surface area (Å²) >= 11 is 0. The van der Waals surface area contributed by atoms with E-state index in [0.717, 1.165) is 6.41 Å². The van der Waals surface area contributed by atoms with E-state index in [2.05, 4.69) is 4.99 Å². The minimum absolute atomic E-state index is 0.338. The number of amides is 1. The Morgan fingerprint density at radius 2 is 2.50 bits per heavy atom. The summed E-state index contributed by atoms with van der Waals surface area (Å²) in [5.74, 6) is -0.755. The number of aliphatic imine (C=N–C) groups is 1. The Balaban J connectivity index is 3.60. The fourth-order valence-corrected chi connectivity index (χ4v) is 0.168. The van der Waals surface area contributed by atoms with Gasteiger partial charge in [-0.25, -0.2) is 5.90 Å². The van der Waals surface area contributed by atoms with Crippen molar-refractivity contribution in [3.05, 3.63) is 0 Å². The molecule has 0 bridgehead atoms. The molecule has 0 aromatic carbocycles. The highest BCUT2D eigenvalue weighted by Crippen LogP contribution is 1.68. The van der Waals surface area contributed by atoms with Crippen molar-refractivity contribution in [3.63, 3.8) is 0 Å². The summed E-state index contributed by atoms with van der Waals surface area (Å²) in [5, 5.41) is 9.98. The van der Waals surface area contributed by atoms with Gasteiger partial charge in [-0.2, -0.15) is 0 Å². The Morgan fingerprint density at radius 3 is 2.88 bits per heavy atom. The molecule has 44 valence electrons. The average molecular weight is 113 g/mol. The van der Waals surface area contributed by atoms with Crippen LogP contribution in [0.2, 0.25) is 0 Å². The summed E-state index contributed by atoms with van der Waals surface area (Å²) < 4.78 is 0. The smallest absolute Gasteiger partial charge is 0.107 e. The maximum absolute atomic E-state index is 9.98. The average Bonchev–Trinajstić information content (AvgIpc) is 1.68. The van der Waals surface area contributed by atoms with Crippen molar-refractivity contribution in [2.45, 2.75) is 6.42 Å². The summed E-state index contributed by atoms with van der Waals surface area (Å²) in [6.45, 7) is 0. The highest BCUT2D eigenvalue weighted by molar-refractivity contribution is 5.88. The number of carbonyl (C=O) groups excluding carboxylic acids is 2. The van der Waals surface area contributed by atoms with Crippen LogP contribution in [-0.2, 0) is 9.59 Å². The lowest BCUT2D eigenvalue weighted by molar-refractivity contribution is -0.217. The van der Waals surface area contributed by atoms with Crippen molar-refractivity contribution in [1.29, 1.82) is 0 Å². The molecule has 0 saturated carbocycles. The summed E-state index contributed by atoms with van der Waals surface area (Å²) in [7, 11) is 0. The number of nitrogens with zero attached hydrogens (tertiary/aromatic N) is 1. The van der Waals surface area contributed by atoms with Gasteiger partial charge in [-0.05, 0) is 6.42 Å². The van der Waals surface area contributed by atoms with Crippen molar-refractivity contribution in [1.82, 2.24) is 0 Å². The van der Waals surface area contributed by atoms with Crippen molar-refractivity contribution in [2.24, 2.45) is 4.99 Å². The second-order valence-corrected chi connectivity index (χ2v) is 0.968. The van der Waals surface area contributed by atoms with Crippen molar-refractivity contribution < 1.29 is 14.7 Å². The third-order valence-electron chi connectivity index (χ3n) is 0.428. The van der Waals surface area contributed by atoms with Crippen molar-refractivity contribution >= 4 is 18.6 Å². The zero-order valence-electron chi connectivity index (χ0n) is 3.96. The molecule has 0 unspecified atom stereocenters. The lowest BCUT2D eigenvalue weighted by atomic mass is 10.5. The number of hydrogen-bond acceptors (Lipinski definition) is 3. The van der Waals surface area contributed by atoms with Crippen LogP contribution in [0.5, 0.6) is 0 Å². The number of aldehydes is 1. The third kappa shape index (κ3) is 3.02. The van der Waals surface area contributed by atoms with Gasteiger partial charge in [0, 0.05) is 0 Å². The van der Waals surface area contributed by atoms with Crippen LogP contribution in [0.15, 0.2) is 4.99 Å². The van der Waals surface area contributed by atoms with E-state index in [9.17, 15) is 14.7 Å². The molecule has 8 heavy (non-hydrogen) atoms. The number of rotatable bonds is 3. The van der Waals surface area contributed by atoms with E-state index < -0.39 is 5.90 Å². The molecule has 4 heteroatoms. The lowest BCUT2D eigenvalue weighted by Crippen LogP contribution is -2.17. The first-order valence-corrected chi connectivity index (χ1v) is 1.85. The van der Waals surface area contributed by atoms with Crippen LogP contribution in [0, 0.1) is 0 Å². The van der Waals surface area contributed by atoms with Gasteiger partial charge in [-0.15, -0.1) is 0 Å². The summed E-state index contributed by atoms with van der Waals surface area (Å²) in [4.78, 5) is 21.4. The molecule has 0 aromatic heterocycles. The summed E-state index contributed by atoms with van der Waals surface area (Å²) in [6.07, 6.45) is 1.06. The first kappa shape index (κ1) is 6.81. The Morgan fingerprint density at radius 1 is 1.88 bits per heavy atom. The van der Waals surface area contributed by atoms with Crippen LogP contribution < -0.4 is 5.11 Å².